The van der Waals surface area contributed by atoms with Crippen LogP contribution in [0.15, 0.2) is 12.3 Å². The van der Waals surface area contributed by atoms with E-state index in [0.29, 0.717) is 17.7 Å². The van der Waals surface area contributed by atoms with E-state index >= 15 is 0 Å². The summed E-state index contributed by atoms with van der Waals surface area (Å²) in [6, 6.07) is 4.16. The quantitative estimate of drug-likeness (QED) is 0.783. The van der Waals surface area contributed by atoms with Crippen LogP contribution >= 0.6 is 0 Å². The molecule has 1 aliphatic rings. The predicted octanol–water partition coefficient (Wildman–Crippen LogP) is 0.536. The Hall–Kier alpha value is -1.67. The molecule has 0 amide bonds. The number of anilines is 1. The van der Waals surface area contributed by atoms with Gasteiger partial charge in [0.2, 0.25) is 5.95 Å². The standard InChI is InChI=1S/C11H15N5/c1-13-10-3-2-6-16(8-10)11-14-5-4-9(7-12)15-11/h4-5,10,13H,2-3,6,8H2,1H3. The fourth-order valence-corrected chi connectivity index (χ4v) is 1.96. The summed E-state index contributed by atoms with van der Waals surface area (Å²) >= 11 is 0. The Kier molecular flexibility index (Phi) is 3.32. The second kappa shape index (κ2) is 4.90. The highest BCUT2D eigenvalue weighted by molar-refractivity contribution is 5.34. The van der Waals surface area contributed by atoms with E-state index in [1.165, 1.54) is 6.42 Å². The SMILES string of the molecule is CNC1CCCN(c2nccc(C#N)n2)C1. The molecule has 0 saturated carbocycles. The van der Waals surface area contributed by atoms with Crippen LogP contribution in [0.4, 0.5) is 5.95 Å². The summed E-state index contributed by atoms with van der Waals surface area (Å²) in [6.45, 7) is 1.87. The lowest BCUT2D eigenvalue weighted by molar-refractivity contribution is 0.445. The minimum atomic E-state index is 0.427. The van der Waals surface area contributed by atoms with Gasteiger partial charge in [-0.05, 0) is 26.0 Å². The Morgan fingerprint density at radius 1 is 1.62 bits per heavy atom. The fourth-order valence-electron chi connectivity index (χ4n) is 1.96. The Morgan fingerprint density at radius 2 is 2.50 bits per heavy atom. The van der Waals surface area contributed by atoms with E-state index in [4.69, 9.17) is 5.26 Å². The minimum absolute atomic E-state index is 0.427. The van der Waals surface area contributed by atoms with E-state index < -0.39 is 0 Å². The zero-order valence-electron chi connectivity index (χ0n) is 9.35. The number of aromatic nitrogens is 2. The first-order valence-electron chi connectivity index (χ1n) is 5.49. The van der Waals surface area contributed by atoms with E-state index in [2.05, 4.69) is 20.2 Å². The zero-order chi connectivity index (χ0) is 11.4. The van der Waals surface area contributed by atoms with Crippen molar-refractivity contribution >= 4 is 5.95 Å². The van der Waals surface area contributed by atoms with E-state index in [0.717, 1.165) is 19.5 Å². The Bertz CT molecular complexity index is 398. The van der Waals surface area contributed by atoms with E-state index in [9.17, 15) is 0 Å². The van der Waals surface area contributed by atoms with Gasteiger partial charge in [-0.3, -0.25) is 0 Å². The Balaban J connectivity index is 2.14. The fraction of sp³-hybridized carbons (Fsp3) is 0.545. The molecule has 0 aromatic carbocycles. The Labute approximate surface area is 95.1 Å². The van der Waals surface area contributed by atoms with Crippen LogP contribution < -0.4 is 10.2 Å². The van der Waals surface area contributed by atoms with Crippen molar-refractivity contribution < 1.29 is 0 Å². The molecular formula is C11H15N5. The average molecular weight is 217 g/mol. The van der Waals surface area contributed by atoms with Crippen LogP contribution in [0.5, 0.6) is 0 Å². The Morgan fingerprint density at radius 3 is 3.25 bits per heavy atom. The van der Waals surface area contributed by atoms with E-state index in [-0.39, 0.29) is 0 Å². The third-order valence-electron chi connectivity index (χ3n) is 2.87. The highest BCUT2D eigenvalue weighted by Crippen LogP contribution is 2.15. The molecule has 1 N–H and O–H groups in total. The van der Waals surface area contributed by atoms with Crippen molar-refractivity contribution in [1.82, 2.24) is 15.3 Å². The van der Waals surface area contributed by atoms with Crippen LogP contribution in [-0.4, -0.2) is 36.1 Å². The third kappa shape index (κ3) is 2.28. The van der Waals surface area contributed by atoms with Crippen LogP contribution in [0, 0.1) is 11.3 Å². The van der Waals surface area contributed by atoms with Crippen LogP contribution in [0.25, 0.3) is 0 Å². The topological polar surface area (TPSA) is 64.8 Å². The van der Waals surface area contributed by atoms with Crippen molar-refractivity contribution in [3.8, 4) is 6.07 Å². The van der Waals surface area contributed by atoms with Crippen molar-refractivity contribution in [2.24, 2.45) is 0 Å². The summed E-state index contributed by atoms with van der Waals surface area (Å²) in [5.74, 6) is 0.666. The lowest BCUT2D eigenvalue weighted by Crippen LogP contribution is -2.45. The number of nitriles is 1. The third-order valence-corrected chi connectivity index (χ3v) is 2.87. The second-order valence-corrected chi connectivity index (χ2v) is 3.93. The largest absolute Gasteiger partial charge is 0.339 e. The molecule has 5 nitrogen and oxygen atoms in total. The molecule has 1 aromatic heterocycles. The molecule has 0 radical (unpaired) electrons. The molecule has 1 atom stereocenters. The normalized spacial score (nSPS) is 20.5. The highest BCUT2D eigenvalue weighted by atomic mass is 15.3. The van der Waals surface area contributed by atoms with Gasteiger partial charge in [-0.2, -0.15) is 5.26 Å². The predicted molar refractivity (Wildman–Crippen MR) is 61.0 cm³/mol. The van der Waals surface area contributed by atoms with Gasteiger partial charge in [-0.25, -0.2) is 9.97 Å². The van der Waals surface area contributed by atoms with Gasteiger partial charge in [0.15, 0.2) is 0 Å². The van der Waals surface area contributed by atoms with Gasteiger partial charge in [-0.15, -0.1) is 0 Å². The van der Waals surface area contributed by atoms with Crippen LogP contribution in [-0.2, 0) is 0 Å². The lowest BCUT2D eigenvalue weighted by atomic mass is 10.1. The maximum Gasteiger partial charge on any atom is 0.226 e. The van der Waals surface area contributed by atoms with Gasteiger partial charge in [0.25, 0.3) is 0 Å². The molecule has 84 valence electrons. The summed E-state index contributed by atoms with van der Waals surface area (Å²) < 4.78 is 0. The molecule has 0 spiro atoms. The van der Waals surface area contributed by atoms with Gasteiger partial charge < -0.3 is 10.2 Å². The monoisotopic (exact) mass is 217 g/mol. The van der Waals surface area contributed by atoms with Gasteiger partial charge in [0.05, 0.1) is 0 Å². The summed E-state index contributed by atoms with van der Waals surface area (Å²) in [5.41, 5.74) is 0.427. The maximum absolute atomic E-state index is 8.79. The van der Waals surface area contributed by atoms with Crippen molar-refractivity contribution in [2.45, 2.75) is 18.9 Å². The van der Waals surface area contributed by atoms with Crippen LogP contribution in [0.1, 0.15) is 18.5 Å². The molecule has 5 heteroatoms. The number of rotatable bonds is 2. The van der Waals surface area contributed by atoms with Gasteiger partial charge >= 0.3 is 0 Å². The molecule has 2 rings (SSSR count). The van der Waals surface area contributed by atoms with Crippen molar-refractivity contribution in [1.29, 1.82) is 5.26 Å². The number of piperidine rings is 1. The second-order valence-electron chi connectivity index (χ2n) is 3.93. The maximum atomic E-state index is 8.79. The van der Waals surface area contributed by atoms with Gasteiger partial charge in [0, 0.05) is 25.3 Å². The number of likely N-dealkylation sites (N-methyl/N-ethyl adjacent to an activating group) is 1. The van der Waals surface area contributed by atoms with Crippen LogP contribution in [0.2, 0.25) is 0 Å². The number of nitrogens with one attached hydrogen (secondary N) is 1. The molecule has 0 aliphatic carbocycles. The zero-order valence-corrected chi connectivity index (χ0v) is 9.35. The number of hydrogen-bond donors (Lipinski definition) is 1. The molecule has 16 heavy (non-hydrogen) atoms. The van der Waals surface area contributed by atoms with Gasteiger partial charge in [-0.1, -0.05) is 0 Å². The molecular weight excluding hydrogens is 202 g/mol. The number of nitrogens with zero attached hydrogens (tertiary/aromatic N) is 4. The molecule has 2 heterocycles. The van der Waals surface area contributed by atoms with Crippen LogP contribution in [0.3, 0.4) is 0 Å². The smallest absolute Gasteiger partial charge is 0.226 e. The lowest BCUT2D eigenvalue weighted by Gasteiger charge is -2.32. The molecule has 1 unspecified atom stereocenters. The summed E-state index contributed by atoms with van der Waals surface area (Å²) in [7, 11) is 1.97. The molecule has 1 aliphatic heterocycles. The van der Waals surface area contributed by atoms with E-state index in [1.807, 2.05) is 13.1 Å². The highest BCUT2D eigenvalue weighted by Gasteiger charge is 2.20. The van der Waals surface area contributed by atoms with Crippen molar-refractivity contribution in [2.75, 3.05) is 25.0 Å². The molecule has 1 saturated heterocycles. The summed E-state index contributed by atoms with van der Waals surface area (Å²) in [5, 5.41) is 12.1. The van der Waals surface area contributed by atoms with Crippen molar-refractivity contribution in [3.05, 3.63) is 18.0 Å². The summed E-state index contributed by atoms with van der Waals surface area (Å²) in [4.78, 5) is 10.6. The first-order chi connectivity index (χ1) is 7.83. The molecule has 1 fully saturated rings. The molecule has 0 bridgehead atoms. The van der Waals surface area contributed by atoms with E-state index in [1.54, 1.807) is 12.3 Å². The van der Waals surface area contributed by atoms with Crippen molar-refractivity contribution in [3.63, 3.8) is 0 Å². The number of hydrogen-bond acceptors (Lipinski definition) is 5. The first-order valence-corrected chi connectivity index (χ1v) is 5.49. The van der Waals surface area contributed by atoms with Gasteiger partial charge in [0.1, 0.15) is 11.8 Å². The average Bonchev–Trinajstić information content (AvgIpc) is 2.39. The first kappa shape index (κ1) is 10.8. The minimum Gasteiger partial charge on any atom is -0.339 e. The summed E-state index contributed by atoms with van der Waals surface area (Å²) in [6.07, 6.45) is 3.96. The molecule has 1 aromatic rings.